The van der Waals surface area contributed by atoms with E-state index in [0.717, 1.165) is 5.56 Å². The van der Waals surface area contributed by atoms with Gasteiger partial charge in [-0.1, -0.05) is 15.9 Å². The summed E-state index contributed by atoms with van der Waals surface area (Å²) < 4.78 is 6.22. The highest BCUT2D eigenvalue weighted by molar-refractivity contribution is 9.10. The first-order chi connectivity index (χ1) is 9.97. The van der Waals surface area contributed by atoms with Crippen molar-refractivity contribution >= 4 is 27.4 Å². The molecular formula is C15H12BrNO4. The fourth-order valence-corrected chi connectivity index (χ4v) is 2.19. The molecule has 0 aliphatic carbocycles. The van der Waals surface area contributed by atoms with Crippen LogP contribution in [0.15, 0.2) is 46.9 Å². The van der Waals surface area contributed by atoms with E-state index in [1.54, 1.807) is 30.3 Å². The Morgan fingerprint density at radius 2 is 1.90 bits per heavy atom. The van der Waals surface area contributed by atoms with Gasteiger partial charge in [-0.15, -0.1) is 0 Å². The molecule has 0 atom stereocenters. The highest BCUT2D eigenvalue weighted by Gasteiger charge is 2.09. The Morgan fingerprint density at radius 1 is 1.24 bits per heavy atom. The zero-order chi connectivity index (χ0) is 15.4. The molecule has 0 saturated heterocycles. The van der Waals surface area contributed by atoms with Crippen molar-refractivity contribution in [3.63, 3.8) is 0 Å². The standard InChI is InChI=1S/C15H12BrNO4/c1-10(18)11-3-6-14(7-4-11)21-9-12-2-5-13(17(19)20)8-15(12)16/h2-8H,9H2,1H3. The van der Waals surface area contributed by atoms with Crippen LogP contribution < -0.4 is 4.74 Å². The topological polar surface area (TPSA) is 69.4 Å². The normalized spacial score (nSPS) is 10.2. The van der Waals surface area contributed by atoms with E-state index in [-0.39, 0.29) is 18.1 Å². The lowest BCUT2D eigenvalue weighted by Crippen LogP contribution is -1.98. The Balaban J connectivity index is 2.06. The summed E-state index contributed by atoms with van der Waals surface area (Å²) in [6.45, 7) is 1.78. The number of rotatable bonds is 5. The zero-order valence-corrected chi connectivity index (χ0v) is 12.8. The monoisotopic (exact) mass is 349 g/mol. The van der Waals surface area contributed by atoms with E-state index in [2.05, 4.69) is 15.9 Å². The Hall–Kier alpha value is -2.21. The van der Waals surface area contributed by atoms with Crippen LogP contribution in [0.4, 0.5) is 5.69 Å². The number of carbonyl (C=O) groups is 1. The molecule has 2 aromatic rings. The molecule has 0 radical (unpaired) electrons. The minimum Gasteiger partial charge on any atom is -0.489 e. The molecule has 0 spiro atoms. The number of Topliss-reactive ketones (excluding diaryl/α,β-unsaturated/α-hetero) is 1. The van der Waals surface area contributed by atoms with Gasteiger partial charge in [0, 0.05) is 27.7 Å². The van der Waals surface area contributed by atoms with E-state index < -0.39 is 4.92 Å². The number of nitrogens with zero attached hydrogens (tertiary/aromatic N) is 1. The quantitative estimate of drug-likeness (QED) is 0.462. The summed E-state index contributed by atoms with van der Waals surface area (Å²) in [4.78, 5) is 21.4. The van der Waals surface area contributed by atoms with Gasteiger partial charge in [0.1, 0.15) is 12.4 Å². The average molecular weight is 350 g/mol. The highest BCUT2D eigenvalue weighted by atomic mass is 79.9. The van der Waals surface area contributed by atoms with E-state index in [1.807, 2.05) is 0 Å². The maximum absolute atomic E-state index is 11.2. The van der Waals surface area contributed by atoms with Crippen molar-refractivity contribution in [1.82, 2.24) is 0 Å². The van der Waals surface area contributed by atoms with Crippen LogP contribution in [0.2, 0.25) is 0 Å². The van der Waals surface area contributed by atoms with Crippen LogP contribution in [-0.2, 0) is 6.61 Å². The minimum absolute atomic E-state index is 0.000312. The number of hydrogen-bond donors (Lipinski definition) is 0. The fourth-order valence-electron chi connectivity index (χ4n) is 1.71. The second kappa shape index (κ2) is 6.49. The summed E-state index contributed by atoms with van der Waals surface area (Å²) in [5.74, 6) is 0.630. The summed E-state index contributed by atoms with van der Waals surface area (Å²) in [5.41, 5.74) is 1.45. The lowest BCUT2D eigenvalue weighted by molar-refractivity contribution is -0.384. The van der Waals surface area contributed by atoms with Gasteiger partial charge >= 0.3 is 0 Å². The van der Waals surface area contributed by atoms with Gasteiger partial charge in [0.2, 0.25) is 0 Å². The van der Waals surface area contributed by atoms with Gasteiger partial charge in [-0.05, 0) is 37.3 Å². The van der Waals surface area contributed by atoms with Gasteiger partial charge in [0.05, 0.1) is 4.92 Å². The molecule has 0 N–H and O–H groups in total. The van der Waals surface area contributed by atoms with Crippen molar-refractivity contribution in [2.75, 3.05) is 0 Å². The molecule has 0 saturated carbocycles. The zero-order valence-electron chi connectivity index (χ0n) is 11.2. The summed E-state index contributed by atoms with van der Waals surface area (Å²) in [6, 6.07) is 11.4. The molecule has 108 valence electrons. The lowest BCUT2D eigenvalue weighted by Gasteiger charge is -2.08. The Morgan fingerprint density at radius 3 is 2.43 bits per heavy atom. The van der Waals surface area contributed by atoms with Crippen LogP contribution in [0.25, 0.3) is 0 Å². The van der Waals surface area contributed by atoms with Crippen molar-refractivity contribution in [2.45, 2.75) is 13.5 Å². The van der Waals surface area contributed by atoms with Gasteiger partial charge in [0.25, 0.3) is 5.69 Å². The minimum atomic E-state index is -0.449. The predicted octanol–water partition coefficient (Wildman–Crippen LogP) is 4.14. The van der Waals surface area contributed by atoms with Crippen LogP contribution >= 0.6 is 15.9 Å². The molecule has 0 aromatic heterocycles. The van der Waals surface area contributed by atoms with Crippen LogP contribution in [0, 0.1) is 10.1 Å². The van der Waals surface area contributed by atoms with Crippen molar-refractivity contribution in [2.24, 2.45) is 0 Å². The third-order valence-electron chi connectivity index (χ3n) is 2.90. The number of nitro groups is 1. The number of benzene rings is 2. The molecule has 0 bridgehead atoms. The van der Waals surface area contributed by atoms with Crippen LogP contribution in [0.3, 0.4) is 0 Å². The molecule has 0 fully saturated rings. The molecule has 0 aliphatic heterocycles. The van der Waals surface area contributed by atoms with E-state index in [4.69, 9.17) is 4.74 Å². The molecule has 0 heterocycles. The Kier molecular flexibility index (Phi) is 4.70. The van der Waals surface area contributed by atoms with Gasteiger partial charge in [0.15, 0.2) is 5.78 Å². The fraction of sp³-hybridized carbons (Fsp3) is 0.133. The molecular weight excluding hydrogens is 338 g/mol. The summed E-state index contributed by atoms with van der Waals surface area (Å²) in [6.07, 6.45) is 0. The molecule has 0 unspecified atom stereocenters. The van der Waals surface area contributed by atoms with Crippen LogP contribution in [0.1, 0.15) is 22.8 Å². The first-order valence-electron chi connectivity index (χ1n) is 6.14. The number of ether oxygens (including phenoxy) is 1. The number of ketones is 1. The first kappa shape index (κ1) is 15.2. The van der Waals surface area contributed by atoms with Crippen LogP contribution in [0.5, 0.6) is 5.75 Å². The highest BCUT2D eigenvalue weighted by Crippen LogP contribution is 2.24. The van der Waals surface area contributed by atoms with Gasteiger partial charge in [-0.3, -0.25) is 14.9 Å². The summed E-state index contributed by atoms with van der Waals surface area (Å²) >= 11 is 3.29. The second-order valence-corrected chi connectivity index (χ2v) is 5.26. The molecule has 5 nitrogen and oxygen atoms in total. The van der Waals surface area contributed by atoms with Gasteiger partial charge < -0.3 is 4.74 Å². The van der Waals surface area contributed by atoms with Crippen LogP contribution in [-0.4, -0.2) is 10.7 Å². The summed E-state index contributed by atoms with van der Waals surface area (Å²) in [7, 11) is 0. The lowest BCUT2D eigenvalue weighted by atomic mass is 10.1. The number of nitro benzene ring substituents is 1. The first-order valence-corrected chi connectivity index (χ1v) is 6.93. The van der Waals surface area contributed by atoms with E-state index in [0.29, 0.717) is 15.8 Å². The third-order valence-corrected chi connectivity index (χ3v) is 3.64. The maximum Gasteiger partial charge on any atom is 0.270 e. The smallest absolute Gasteiger partial charge is 0.270 e. The third kappa shape index (κ3) is 3.88. The molecule has 2 aromatic carbocycles. The number of non-ortho nitro benzene ring substituents is 1. The number of carbonyl (C=O) groups excluding carboxylic acids is 1. The summed E-state index contributed by atoms with van der Waals surface area (Å²) in [5, 5.41) is 10.7. The Labute approximate surface area is 129 Å². The number of hydrogen-bond acceptors (Lipinski definition) is 4. The van der Waals surface area contributed by atoms with Crippen molar-refractivity contribution in [3.05, 3.63) is 68.2 Å². The van der Waals surface area contributed by atoms with Crippen molar-refractivity contribution in [3.8, 4) is 5.75 Å². The van der Waals surface area contributed by atoms with Gasteiger partial charge in [-0.25, -0.2) is 0 Å². The number of halogens is 1. The molecule has 2 rings (SSSR count). The van der Waals surface area contributed by atoms with E-state index in [9.17, 15) is 14.9 Å². The molecule has 6 heteroatoms. The molecule has 0 amide bonds. The van der Waals surface area contributed by atoms with E-state index >= 15 is 0 Å². The predicted molar refractivity (Wildman–Crippen MR) is 81.6 cm³/mol. The molecule has 21 heavy (non-hydrogen) atoms. The Bertz CT molecular complexity index is 683. The van der Waals surface area contributed by atoms with E-state index in [1.165, 1.54) is 19.1 Å². The van der Waals surface area contributed by atoms with Crippen molar-refractivity contribution in [1.29, 1.82) is 0 Å². The SMILES string of the molecule is CC(=O)c1ccc(OCc2ccc([N+](=O)[O-])cc2Br)cc1. The van der Waals surface area contributed by atoms with Crippen molar-refractivity contribution < 1.29 is 14.5 Å². The second-order valence-electron chi connectivity index (χ2n) is 4.40. The largest absolute Gasteiger partial charge is 0.489 e. The molecule has 0 aliphatic rings. The maximum atomic E-state index is 11.2. The average Bonchev–Trinajstić information content (AvgIpc) is 2.46. The van der Waals surface area contributed by atoms with Gasteiger partial charge in [-0.2, -0.15) is 0 Å².